The van der Waals surface area contributed by atoms with Gasteiger partial charge in [0.25, 0.3) is 0 Å². The molecule has 0 unspecified atom stereocenters. The van der Waals surface area contributed by atoms with Gasteiger partial charge in [-0.1, -0.05) is 39.0 Å². The topological polar surface area (TPSA) is 84.0 Å². The minimum absolute atomic E-state index is 0.117. The number of unbranched alkanes of at least 4 members (excludes halogenated alkanes) is 1. The molecule has 0 aliphatic rings. The number of nitrogens with one attached hydrogen (secondary N) is 2. The number of anilines is 1. The molecule has 0 spiro atoms. The molecule has 0 saturated carbocycles. The fourth-order valence-corrected chi connectivity index (χ4v) is 4.06. The fourth-order valence-electron chi connectivity index (χ4n) is 1.72. The second-order valence-corrected chi connectivity index (χ2v) is 8.74. The Balaban J connectivity index is 2.36. The summed E-state index contributed by atoms with van der Waals surface area (Å²) >= 11 is 1.31. The van der Waals surface area contributed by atoms with Crippen LogP contribution in [0.4, 0.5) is 5.13 Å². The fraction of sp³-hybridized carbons (Fsp3) is 0.846. The molecule has 1 rings (SSSR count). The Morgan fingerprint density at radius 1 is 1.14 bits per heavy atom. The van der Waals surface area contributed by atoms with Crippen LogP contribution >= 0.6 is 11.3 Å². The van der Waals surface area contributed by atoms with Crippen molar-refractivity contribution in [2.24, 2.45) is 5.92 Å². The summed E-state index contributed by atoms with van der Waals surface area (Å²) < 4.78 is 26.4. The zero-order chi connectivity index (χ0) is 15.9. The first kappa shape index (κ1) is 18.3. The van der Waals surface area contributed by atoms with E-state index in [1.54, 1.807) is 0 Å². The van der Waals surface area contributed by atoms with Gasteiger partial charge >= 0.3 is 0 Å². The lowest BCUT2D eigenvalue weighted by molar-refractivity contribution is 0.561. The summed E-state index contributed by atoms with van der Waals surface area (Å²) in [5, 5.41) is 12.4. The summed E-state index contributed by atoms with van der Waals surface area (Å²) in [5.74, 6) is 0.599. The average molecular weight is 335 g/mol. The zero-order valence-corrected chi connectivity index (χ0v) is 14.9. The molecule has 0 saturated heterocycles. The van der Waals surface area contributed by atoms with E-state index >= 15 is 0 Å². The van der Waals surface area contributed by atoms with E-state index in [9.17, 15) is 8.42 Å². The van der Waals surface area contributed by atoms with E-state index in [1.165, 1.54) is 11.3 Å². The average Bonchev–Trinajstić information content (AvgIpc) is 2.73. The Hall–Kier alpha value is -0.730. The van der Waals surface area contributed by atoms with E-state index in [2.05, 4.69) is 47.9 Å². The first-order valence-electron chi connectivity index (χ1n) is 7.35. The minimum atomic E-state index is -3.32. The van der Waals surface area contributed by atoms with Crippen molar-refractivity contribution >= 4 is 26.5 Å². The Morgan fingerprint density at radius 2 is 1.86 bits per heavy atom. The van der Waals surface area contributed by atoms with E-state index in [0.717, 1.165) is 24.4 Å². The van der Waals surface area contributed by atoms with E-state index < -0.39 is 10.0 Å². The van der Waals surface area contributed by atoms with Gasteiger partial charge in [-0.05, 0) is 25.3 Å². The van der Waals surface area contributed by atoms with Gasteiger partial charge in [0.2, 0.25) is 15.2 Å². The van der Waals surface area contributed by atoms with Crippen molar-refractivity contribution in [2.75, 3.05) is 17.0 Å². The Morgan fingerprint density at radius 3 is 2.48 bits per heavy atom. The molecule has 0 aliphatic heterocycles. The van der Waals surface area contributed by atoms with Gasteiger partial charge in [0.15, 0.2) is 0 Å². The van der Waals surface area contributed by atoms with Crippen molar-refractivity contribution in [2.45, 2.75) is 53.0 Å². The lowest BCUT2D eigenvalue weighted by Gasteiger charge is -2.08. The van der Waals surface area contributed by atoms with Crippen LogP contribution in [0.5, 0.6) is 0 Å². The van der Waals surface area contributed by atoms with E-state index in [0.29, 0.717) is 23.5 Å². The quantitative estimate of drug-likeness (QED) is 0.641. The molecule has 0 aliphatic carbocycles. The molecule has 6 nitrogen and oxygen atoms in total. The molecule has 21 heavy (non-hydrogen) atoms. The molecule has 122 valence electrons. The molecule has 1 aromatic rings. The maximum absolute atomic E-state index is 11.9. The van der Waals surface area contributed by atoms with Gasteiger partial charge in [-0.25, -0.2) is 8.42 Å². The first-order valence-corrected chi connectivity index (χ1v) is 9.81. The molecular formula is C13H26N4O2S2. The smallest absolute Gasteiger partial charge is 0.234 e. The largest absolute Gasteiger partial charge is 0.315 e. The summed E-state index contributed by atoms with van der Waals surface area (Å²) in [6.45, 7) is 9.17. The number of nitrogens with zero attached hydrogens (tertiary/aromatic N) is 2. The van der Waals surface area contributed by atoms with Crippen LogP contribution in [0.1, 0.15) is 45.5 Å². The first-order chi connectivity index (χ1) is 9.78. The molecule has 0 fully saturated rings. The van der Waals surface area contributed by atoms with Gasteiger partial charge < -0.3 is 5.32 Å². The highest BCUT2D eigenvalue weighted by Gasteiger charge is 2.14. The Kier molecular flexibility index (Phi) is 7.55. The molecule has 8 heteroatoms. The maximum atomic E-state index is 11.9. The van der Waals surface area contributed by atoms with Crippen LogP contribution in [-0.4, -0.2) is 37.0 Å². The normalized spacial score (nSPS) is 12.3. The van der Waals surface area contributed by atoms with Gasteiger partial charge in [-0.15, -0.1) is 10.2 Å². The van der Waals surface area contributed by atoms with Crippen molar-refractivity contribution in [1.82, 2.24) is 15.5 Å². The lowest BCUT2D eigenvalue weighted by atomic mass is 10.1. The van der Waals surface area contributed by atoms with Gasteiger partial charge in [-0.3, -0.25) is 4.72 Å². The van der Waals surface area contributed by atoms with Crippen LogP contribution in [0.3, 0.4) is 0 Å². The molecular weight excluding hydrogens is 308 g/mol. The Labute approximate surface area is 131 Å². The number of rotatable bonds is 10. The third kappa shape index (κ3) is 8.33. The third-order valence-electron chi connectivity index (χ3n) is 2.68. The van der Waals surface area contributed by atoms with Crippen molar-refractivity contribution in [1.29, 1.82) is 0 Å². The molecule has 2 N–H and O–H groups in total. The number of hydrogen-bond donors (Lipinski definition) is 2. The molecule has 0 amide bonds. The zero-order valence-electron chi connectivity index (χ0n) is 13.2. The summed E-state index contributed by atoms with van der Waals surface area (Å²) in [5.41, 5.74) is 0. The van der Waals surface area contributed by atoms with Crippen molar-refractivity contribution in [3.05, 3.63) is 5.01 Å². The number of sulfonamides is 1. The molecule has 0 aromatic carbocycles. The lowest BCUT2D eigenvalue weighted by Crippen LogP contribution is -2.24. The second-order valence-electron chi connectivity index (χ2n) is 5.84. The molecule has 0 atom stereocenters. The predicted molar refractivity (Wildman–Crippen MR) is 88.2 cm³/mol. The van der Waals surface area contributed by atoms with Gasteiger partial charge in [-0.2, -0.15) is 0 Å². The third-order valence-corrected chi connectivity index (χ3v) is 5.01. The van der Waals surface area contributed by atoms with Crippen LogP contribution < -0.4 is 10.0 Å². The van der Waals surface area contributed by atoms with Gasteiger partial charge in [0.05, 0.1) is 5.75 Å². The van der Waals surface area contributed by atoms with Gasteiger partial charge in [0.1, 0.15) is 5.01 Å². The SMILES string of the molecule is CC(C)Cc1nnc(NS(=O)(=O)CCCCNC(C)C)s1. The Bertz CT molecular complexity index is 512. The molecule has 1 aromatic heterocycles. The monoisotopic (exact) mass is 334 g/mol. The second kappa shape index (κ2) is 8.65. The summed E-state index contributed by atoms with van der Waals surface area (Å²) in [6.07, 6.45) is 2.29. The molecule has 1 heterocycles. The minimum Gasteiger partial charge on any atom is -0.315 e. The summed E-state index contributed by atoms with van der Waals surface area (Å²) in [7, 11) is -3.32. The predicted octanol–water partition coefficient (Wildman–Crippen LogP) is 2.26. The van der Waals surface area contributed by atoms with Crippen LogP contribution in [0.25, 0.3) is 0 Å². The van der Waals surface area contributed by atoms with E-state index in [4.69, 9.17) is 0 Å². The van der Waals surface area contributed by atoms with E-state index in [-0.39, 0.29) is 5.75 Å². The standard InChI is InChI=1S/C13H26N4O2S2/c1-10(2)9-12-15-16-13(20-12)17-21(18,19)8-6-5-7-14-11(3)4/h10-11,14H,5-9H2,1-4H3,(H,16,17). The van der Waals surface area contributed by atoms with Crippen LogP contribution in [0.15, 0.2) is 0 Å². The van der Waals surface area contributed by atoms with Gasteiger partial charge in [0, 0.05) is 12.5 Å². The van der Waals surface area contributed by atoms with Crippen LogP contribution in [0, 0.1) is 5.92 Å². The van der Waals surface area contributed by atoms with Crippen LogP contribution in [-0.2, 0) is 16.4 Å². The highest BCUT2D eigenvalue weighted by Crippen LogP contribution is 2.19. The van der Waals surface area contributed by atoms with E-state index in [1.807, 2.05) is 0 Å². The van der Waals surface area contributed by atoms with Crippen molar-refractivity contribution < 1.29 is 8.42 Å². The van der Waals surface area contributed by atoms with Crippen LogP contribution in [0.2, 0.25) is 0 Å². The molecule has 0 radical (unpaired) electrons. The van der Waals surface area contributed by atoms with Crippen molar-refractivity contribution in [3.63, 3.8) is 0 Å². The number of hydrogen-bond acceptors (Lipinski definition) is 6. The number of aromatic nitrogens is 2. The highest BCUT2D eigenvalue weighted by atomic mass is 32.2. The summed E-state index contributed by atoms with van der Waals surface area (Å²) in [4.78, 5) is 0. The summed E-state index contributed by atoms with van der Waals surface area (Å²) in [6, 6.07) is 0.431. The maximum Gasteiger partial charge on any atom is 0.234 e. The molecule has 0 bridgehead atoms. The highest BCUT2D eigenvalue weighted by molar-refractivity contribution is 7.92. The van der Waals surface area contributed by atoms with Crippen molar-refractivity contribution in [3.8, 4) is 0 Å².